The molecule has 3 aromatic rings. The van der Waals surface area contributed by atoms with E-state index in [1.165, 1.54) is 0 Å². The standard InChI is InChI=1S/C30H36ClN3O2/c1-22(2)16-18-30(24-10-6-4-7-11-24,25-12-8-5-9-13-25)29(35)33-34-19-17-28(34)32-21-23-14-15-26(31)27(20-23)36-3/h4-15,20,22,28,32H,16-19,21H2,1-3H3,(H,33,35). The topological polar surface area (TPSA) is 53.6 Å². The Hall–Kier alpha value is -2.86. The van der Waals surface area contributed by atoms with Crippen LogP contribution < -0.4 is 15.5 Å². The van der Waals surface area contributed by atoms with Crippen LogP contribution in [-0.4, -0.2) is 30.7 Å². The minimum absolute atomic E-state index is 0.0141. The van der Waals surface area contributed by atoms with E-state index in [2.05, 4.69) is 48.9 Å². The first kappa shape index (κ1) is 26.2. The number of amides is 1. The van der Waals surface area contributed by atoms with Gasteiger partial charge in [-0.2, -0.15) is 0 Å². The number of nitrogens with zero attached hydrogens (tertiary/aromatic N) is 1. The first-order chi connectivity index (χ1) is 17.4. The normalized spacial score (nSPS) is 16.0. The van der Waals surface area contributed by atoms with E-state index in [1.54, 1.807) is 7.11 Å². The number of benzene rings is 3. The number of rotatable bonds is 11. The summed E-state index contributed by atoms with van der Waals surface area (Å²) in [4.78, 5) is 14.2. The first-order valence-corrected chi connectivity index (χ1v) is 13.1. The second kappa shape index (κ2) is 11.9. The molecule has 0 saturated carbocycles. The van der Waals surface area contributed by atoms with Crippen LogP contribution in [0.2, 0.25) is 5.02 Å². The van der Waals surface area contributed by atoms with Gasteiger partial charge in [0.1, 0.15) is 11.2 Å². The number of carbonyl (C=O) groups excluding carboxylic acids is 1. The van der Waals surface area contributed by atoms with Crippen molar-refractivity contribution < 1.29 is 9.53 Å². The molecular weight excluding hydrogens is 470 g/mol. The van der Waals surface area contributed by atoms with Crippen molar-refractivity contribution in [3.8, 4) is 5.75 Å². The van der Waals surface area contributed by atoms with Crippen molar-refractivity contribution >= 4 is 17.5 Å². The Morgan fingerprint density at radius 1 is 1.06 bits per heavy atom. The van der Waals surface area contributed by atoms with Crippen molar-refractivity contribution in [2.45, 2.75) is 51.2 Å². The number of nitrogens with one attached hydrogen (secondary N) is 2. The van der Waals surface area contributed by atoms with Gasteiger partial charge < -0.3 is 4.74 Å². The Morgan fingerprint density at radius 3 is 2.22 bits per heavy atom. The molecule has 6 heteroatoms. The van der Waals surface area contributed by atoms with Crippen molar-refractivity contribution in [3.05, 3.63) is 101 Å². The van der Waals surface area contributed by atoms with Gasteiger partial charge in [0.15, 0.2) is 0 Å². The van der Waals surface area contributed by atoms with Crippen molar-refractivity contribution in [1.82, 2.24) is 15.8 Å². The number of hydrazine groups is 1. The molecule has 0 bridgehead atoms. The fourth-order valence-corrected chi connectivity index (χ4v) is 4.99. The minimum Gasteiger partial charge on any atom is -0.495 e. The molecule has 190 valence electrons. The molecule has 1 aliphatic heterocycles. The highest BCUT2D eigenvalue weighted by atomic mass is 35.5. The summed E-state index contributed by atoms with van der Waals surface area (Å²) in [5, 5.41) is 6.17. The van der Waals surface area contributed by atoms with Gasteiger partial charge in [0.05, 0.1) is 18.3 Å². The summed E-state index contributed by atoms with van der Waals surface area (Å²) in [7, 11) is 1.62. The molecule has 4 rings (SSSR count). The van der Waals surface area contributed by atoms with E-state index in [-0.39, 0.29) is 12.1 Å². The van der Waals surface area contributed by atoms with Crippen LogP contribution in [0.1, 0.15) is 49.8 Å². The predicted octanol–water partition coefficient (Wildman–Crippen LogP) is 5.92. The average Bonchev–Trinajstić information content (AvgIpc) is 2.89. The van der Waals surface area contributed by atoms with Gasteiger partial charge in [0.25, 0.3) is 0 Å². The van der Waals surface area contributed by atoms with E-state index >= 15 is 0 Å². The Balaban J connectivity index is 1.54. The average molecular weight is 506 g/mol. The maximum atomic E-state index is 14.2. The van der Waals surface area contributed by atoms with Crippen molar-refractivity contribution in [2.24, 2.45) is 5.92 Å². The molecule has 1 heterocycles. The lowest BCUT2D eigenvalue weighted by molar-refractivity contribution is -0.136. The zero-order chi connectivity index (χ0) is 25.5. The highest BCUT2D eigenvalue weighted by molar-refractivity contribution is 6.32. The molecule has 1 saturated heterocycles. The van der Waals surface area contributed by atoms with E-state index < -0.39 is 5.41 Å². The van der Waals surface area contributed by atoms with Gasteiger partial charge in [-0.3, -0.25) is 15.5 Å². The Labute approximate surface area is 219 Å². The second-order valence-electron chi connectivity index (χ2n) is 9.86. The molecular formula is C30H36ClN3O2. The number of methoxy groups -OCH3 is 1. The summed E-state index contributed by atoms with van der Waals surface area (Å²) in [5.41, 5.74) is 5.63. The van der Waals surface area contributed by atoms with Crippen LogP contribution in [-0.2, 0) is 16.8 Å². The van der Waals surface area contributed by atoms with Crippen LogP contribution in [0, 0.1) is 5.92 Å². The maximum absolute atomic E-state index is 14.2. The summed E-state index contributed by atoms with van der Waals surface area (Å²) in [6.45, 7) is 5.87. The third-order valence-corrected chi connectivity index (χ3v) is 7.35. The summed E-state index contributed by atoms with van der Waals surface area (Å²) >= 11 is 6.17. The van der Waals surface area contributed by atoms with Crippen LogP contribution in [0.25, 0.3) is 0 Å². The fourth-order valence-electron chi connectivity index (χ4n) is 4.79. The zero-order valence-electron chi connectivity index (χ0n) is 21.3. The van der Waals surface area contributed by atoms with E-state index in [1.807, 2.05) is 59.6 Å². The van der Waals surface area contributed by atoms with Gasteiger partial charge in [-0.1, -0.05) is 92.2 Å². The van der Waals surface area contributed by atoms with Gasteiger partial charge in [-0.15, -0.1) is 0 Å². The molecule has 5 nitrogen and oxygen atoms in total. The first-order valence-electron chi connectivity index (χ1n) is 12.7. The fraction of sp³-hybridized carbons (Fsp3) is 0.367. The highest BCUT2D eigenvalue weighted by Crippen LogP contribution is 2.38. The molecule has 0 spiro atoms. The number of halogens is 1. The largest absolute Gasteiger partial charge is 0.495 e. The monoisotopic (exact) mass is 505 g/mol. The van der Waals surface area contributed by atoms with Crippen molar-refractivity contribution in [2.75, 3.05) is 13.7 Å². The molecule has 1 fully saturated rings. The number of carbonyl (C=O) groups is 1. The van der Waals surface area contributed by atoms with Crippen molar-refractivity contribution in [1.29, 1.82) is 0 Å². The zero-order valence-corrected chi connectivity index (χ0v) is 22.1. The molecule has 0 radical (unpaired) electrons. The van der Waals surface area contributed by atoms with Crippen LogP contribution in [0.15, 0.2) is 78.9 Å². The summed E-state index contributed by atoms with van der Waals surface area (Å²) in [5.74, 6) is 1.16. The maximum Gasteiger partial charge on any atom is 0.249 e. The number of ether oxygens (including phenoxy) is 1. The lowest BCUT2D eigenvalue weighted by Crippen LogP contribution is -2.65. The van der Waals surface area contributed by atoms with Gasteiger partial charge in [-0.25, -0.2) is 5.01 Å². The van der Waals surface area contributed by atoms with Gasteiger partial charge in [0.2, 0.25) is 5.91 Å². The molecule has 1 unspecified atom stereocenters. The molecule has 36 heavy (non-hydrogen) atoms. The third kappa shape index (κ3) is 5.75. The molecule has 1 aliphatic rings. The van der Waals surface area contributed by atoms with E-state index in [0.717, 1.165) is 42.5 Å². The van der Waals surface area contributed by atoms with Gasteiger partial charge in [0, 0.05) is 13.1 Å². The smallest absolute Gasteiger partial charge is 0.249 e. The minimum atomic E-state index is -0.767. The van der Waals surface area contributed by atoms with Gasteiger partial charge >= 0.3 is 0 Å². The van der Waals surface area contributed by atoms with E-state index in [0.29, 0.717) is 23.2 Å². The Morgan fingerprint density at radius 2 is 1.69 bits per heavy atom. The summed E-state index contributed by atoms with van der Waals surface area (Å²) < 4.78 is 5.34. The molecule has 0 aliphatic carbocycles. The summed E-state index contributed by atoms with van der Waals surface area (Å²) in [6.07, 6.45) is 2.70. The summed E-state index contributed by atoms with van der Waals surface area (Å²) in [6, 6.07) is 26.2. The van der Waals surface area contributed by atoms with Gasteiger partial charge in [-0.05, 0) is 54.0 Å². The van der Waals surface area contributed by atoms with Crippen molar-refractivity contribution in [3.63, 3.8) is 0 Å². The number of hydrogen-bond acceptors (Lipinski definition) is 4. The van der Waals surface area contributed by atoms with E-state index in [4.69, 9.17) is 16.3 Å². The SMILES string of the molecule is COc1cc(CNC2CCN2NC(=O)C(CCC(C)C)(c2ccccc2)c2ccccc2)ccc1Cl. The highest BCUT2D eigenvalue weighted by Gasteiger charge is 2.43. The quantitative estimate of drug-likeness (QED) is 0.339. The lowest BCUT2D eigenvalue weighted by Gasteiger charge is -2.44. The van der Waals surface area contributed by atoms with Crippen LogP contribution in [0.4, 0.5) is 0 Å². The Bertz CT molecular complexity index is 1100. The number of hydrogen-bond donors (Lipinski definition) is 2. The molecule has 1 atom stereocenters. The van der Waals surface area contributed by atoms with E-state index in [9.17, 15) is 4.79 Å². The molecule has 1 amide bonds. The molecule has 2 N–H and O–H groups in total. The predicted molar refractivity (Wildman–Crippen MR) is 146 cm³/mol. The van der Waals surface area contributed by atoms with Crippen LogP contribution in [0.3, 0.4) is 0 Å². The molecule has 3 aromatic carbocycles. The van der Waals surface area contributed by atoms with Crippen LogP contribution in [0.5, 0.6) is 5.75 Å². The molecule has 0 aromatic heterocycles. The lowest BCUT2D eigenvalue weighted by atomic mass is 9.69. The second-order valence-corrected chi connectivity index (χ2v) is 10.3. The Kier molecular flexibility index (Phi) is 8.68. The third-order valence-electron chi connectivity index (χ3n) is 7.04. The van der Waals surface area contributed by atoms with Crippen LogP contribution >= 0.6 is 11.6 Å².